The molecule has 0 spiro atoms. The molecular formula is C27H27F3N6O4. The molecule has 40 heavy (non-hydrogen) atoms. The lowest BCUT2D eigenvalue weighted by molar-refractivity contribution is -0.141. The van der Waals surface area contributed by atoms with E-state index in [0.29, 0.717) is 43.5 Å². The Bertz CT molecular complexity index is 1440. The van der Waals surface area contributed by atoms with Crippen molar-refractivity contribution in [1.29, 1.82) is 0 Å². The number of pyridine rings is 1. The molecule has 0 saturated carbocycles. The Labute approximate surface area is 228 Å². The highest BCUT2D eigenvalue weighted by molar-refractivity contribution is 6.04. The number of anilines is 3. The molecule has 1 N–H and O–H groups in total. The number of aromatic nitrogens is 3. The molecule has 2 saturated heterocycles. The predicted molar refractivity (Wildman–Crippen MR) is 139 cm³/mol. The lowest BCUT2D eigenvalue weighted by Gasteiger charge is -2.35. The summed E-state index contributed by atoms with van der Waals surface area (Å²) in [5, 5.41) is 2.82. The van der Waals surface area contributed by atoms with Crippen LogP contribution in [0.25, 0.3) is 11.4 Å². The number of urea groups is 1. The minimum atomic E-state index is -4.50. The first-order valence-electron chi connectivity index (χ1n) is 12.9. The average molecular weight is 557 g/mol. The van der Waals surface area contributed by atoms with Crippen molar-refractivity contribution >= 4 is 23.4 Å². The Balaban J connectivity index is 1.22. The topological polar surface area (TPSA) is 102 Å². The van der Waals surface area contributed by atoms with Gasteiger partial charge in [-0.3, -0.25) is 10.2 Å². The van der Waals surface area contributed by atoms with Crippen LogP contribution in [-0.2, 0) is 15.7 Å². The maximum Gasteiger partial charge on any atom is 0.416 e. The van der Waals surface area contributed by atoms with Gasteiger partial charge >= 0.3 is 12.2 Å². The van der Waals surface area contributed by atoms with Crippen LogP contribution in [-0.4, -0.2) is 65.2 Å². The number of rotatable bonds is 5. The Hall–Kier alpha value is -3.97. The van der Waals surface area contributed by atoms with Crippen molar-refractivity contribution in [3.8, 4) is 17.3 Å². The van der Waals surface area contributed by atoms with Gasteiger partial charge in [0.15, 0.2) is 17.4 Å². The number of carbonyl (C=O) groups excluding carboxylic acids is 1. The minimum Gasteiger partial charge on any atom is -0.475 e. The monoisotopic (exact) mass is 556 g/mol. The fourth-order valence-electron chi connectivity index (χ4n) is 5.10. The van der Waals surface area contributed by atoms with E-state index in [9.17, 15) is 18.0 Å². The van der Waals surface area contributed by atoms with Crippen molar-refractivity contribution in [3.63, 3.8) is 0 Å². The third-order valence-corrected chi connectivity index (χ3v) is 6.96. The third-order valence-electron chi connectivity index (χ3n) is 6.96. The van der Waals surface area contributed by atoms with E-state index in [0.717, 1.165) is 12.1 Å². The van der Waals surface area contributed by atoms with Crippen LogP contribution in [0.15, 0.2) is 48.7 Å². The molecule has 5 heterocycles. The molecule has 2 fully saturated rings. The summed E-state index contributed by atoms with van der Waals surface area (Å²) >= 11 is 0. The molecule has 2 atom stereocenters. The molecule has 2 bridgehead atoms. The zero-order valence-corrected chi connectivity index (χ0v) is 21.8. The normalized spacial score (nSPS) is 21.3. The number of carbonyl (C=O) groups is 1. The van der Waals surface area contributed by atoms with Crippen LogP contribution in [0.2, 0.25) is 0 Å². The zero-order valence-electron chi connectivity index (χ0n) is 21.8. The molecule has 0 radical (unpaired) electrons. The van der Waals surface area contributed by atoms with E-state index < -0.39 is 23.6 Å². The number of alkyl halides is 3. The van der Waals surface area contributed by atoms with Crippen molar-refractivity contribution in [2.75, 3.05) is 41.4 Å². The van der Waals surface area contributed by atoms with Gasteiger partial charge in [0, 0.05) is 24.7 Å². The minimum absolute atomic E-state index is 0.0972. The summed E-state index contributed by atoms with van der Waals surface area (Å²) in [7, 11) is 0. The van der Waals surface area contributed by atoms with Crippen molar-refractivity contribution in [1.82, 2.24) is 15.0 Å². The fraction of sp³-hybridized carbons (Fsp3) is 0.407. The van der Waals surface area contributed by atoms with E-state index in [1.165, 1.54) is 12.1 Å². The van der Waals surface area contributed by atoms with Gasteiger partial charge in [-0.05, 0) is 38.5 Å². The highest BCUT2D eigenvalue weighted by atomic mass is 19.4. The first-order valence-corrected chi connectivity index (χ1v) is 12.9. The Morgan fingerprint density at radius 3 is 2.80 bits per heavy atom. The van der Waals surface area contributed by atoms with E-state index >= 15 is 0 Å². The van der Waals surface area contributed by atoms with E-state index in [1.54, 1.807) is 29.3 Å². The number of hydrogen-bond acceptors (Lipinski definition) is 8. The van der Waals surface area contributed by atoms with Gasteiger partial charge in [0.05, 0.1) is 30.1 Å². The van der Waals surface area contributed by atoms with Crippen molar-refractivity contribution < 1.29 is 32.2 Å². The average Bonchev–Trinajstić information content (AvgIpc) is 3.50. The van der Waals surface area contributed by atoms with Crippen LogP contribution in [0.5, 0.6) is 5.88 Å². The first-order chi connectivity index (χ1) is 19.1. The van der Waals surface area contributed by atoms with Crippen LogP contribution in [0.3, 0.4) is 0 Å². The van der Waals surface area contributed by atoms with Gasteiger partial charge in [0.1, 0.15) is 18.5 Å². The summed E-state index contributed by atoms with van der Waals surface area (Å²) in [4.78, 5) is 30.5. The maximum absolute atomic E-state index is 13.6. The van der Waals surface area contributed by atoms with Crippen LogP contribution < -0.4 is 19.9 Å². The molecule has 1 unspecified atom stereocenters. The summed E-state index contributed by atoms with van der Waals surface area (Å²) in [6, 6.07) is 9.23. The molecule has 0 aliphatic carbocycles. The van der Waals surface area contributed by atoms with Gasteiger partial charge < -0.3 is 19.1 Å². The van der Waals surface area contributed by atoms with Gasteiger partial charge in [0.25, 0.3) is 0 Å². The second-order valence-corrected chi connectivity index (χ2v) is 10.3. The Morgan fingerprint density at radius 1 is 1.20 bits per heavy atom. The molecule has 1 aromatic carbocycles. The molecule has 210 valence electrons. The summed E-state index contributed by atoms with van der Waals surface area (Å²) < 4.78 is 56.9. The Kier molecular flexibility index (Phi) is 6.50. The van der Waals surface area contributed by atoms with Crippen LogP contribution in [0.1, 0.15) is 25.8 Å². The van der Waals surface area contributed by atoms with Gasteiger partial charge in [-0.25, -0.2) is 14.8 Å². The van der Waals surface area contributed by atoms with E-state index in [4.69, 9.17) is 14.2 Å². The number of benzene rings is 1. The third kappa shape index (κ3) is 5.26. The number of nitrogens with zero attached hydrogens (tertiary/aromatic N) is 5. The quantitative estimate of drug-likeness (QED) is 0.482. The van der Waals surface area contributed by atoms with E-state index in [-0.39, 0.29) is 36.0 Å². The predicted octanol–water partition coefficient (Wildman–Crippen LogP) is 4.72. The standard InChI is InChI=1S/C27H27F3N6O4/c1-26(2)39-15-19(40-26)14-38-22-8-4-7-21(32-22)33-25(37)36-18-9-10-35(13-18)20-12-31-23(34-24(20)36)16-5-3-6-17(11-16)27(28,29)30/h3-8,11-12,18-19H,9-10,13-15H2,1-2H3,(H,32,33,37)/t18?,19-/m1/s1. The van der Waals surface area contributed by atoms with Crippen molar-refractivity contribution in [2.24, 2.45) is 0 Å². The highest BCUT2D eigenvalue weighted by Gasteiger charge is 2.41. The Morgan fingerprint density at radius 2 is 2.02 bits per heavy atom. The molecular weight excluding hydrogens is 529 g/mol. The summed E-state index contributed by atoms with van der Waals surface area (Å²) in [5.41, 5.74) is 0.0532. The fourth-order valence-corrected chi connectivity index (χ4v) is 5.10. The highest BCUT2D eigenvalue weighted by Crippen LogP contribution is 2.40. The van der Waals surface area contributed by atoms with Crippen molar-refractivity contribution in [3.05, 3.63) is 54.2 Å². The first kappa shape index (κ1) is 26.3. The number of nitrogens with one attached hydrogen (secondary N) is 1. The number of fused-ring (bicyclic) bond motifs is 4. The van der Waals surface area contributed by atoms with E-state index in [2.05, 4.69) is 25.2 Å². The second-order valence-electron chi connectivity index (χ2n) is 10.3. The van der Waals surface area contributed by atoms with Gasteiger partial charge in [-0.2, -0.15) is 18.2 Å². The molecule has 10 nitrogen and oxygen atoms in total. The van der Waals surface area contributed by atoms with Gasteiger partial charge in [-0.15, -0.1) is 0 Å². The van der Waals surface area contributed by atoms with Crippen LogP contribution in [0.4, 0.5) is 35.3 Å². The summed E-state index contributed by atoms with van der Waals surface area (Å²) in [6.45, 7) is 5.61. The SMILES string of the molecule is CC1(C)OC[C@@H](COc2cccc(NC(=O)N3c4nc(-c5cccc(C(F)(F)F)c5)ncc4N4CCC3C4)n2)O1. The van der Waals surface area contributed by atoms with Crippen LogP contribution >= 0.6 is 0 Å². The largest absolute Gasteiger partial charge is 0.475 e. The molecule has 2 amide bonds. The molecule has 2 aromatic heterocycles. The number of amides is 2. The van der Waals surface area contributed by atoms with Gasteiger partial charge in [-0.1, -0.05) is 18.2 Å². The number of hydrogen-bond donors (Lipinski definition) is 1. The zero-order chi connectivity index (χ0) is 28.1. The smallest absolute Gasteiger partial charge is 0.416 e. The van der Waals surface area contributed by atoms with Crippen LogP contribution in [0, 0.1) is 0 Å². The second kappa shape index (κ2) is 9.89. The van der Waals surface area contributed by atoms with Gasteiger partial charge in [0.2, 0.25) is 5.88 Å². The number of halogens is 3. The molecule has 6 rings (SSSR count). The lowest BCUT2D eigenvalue weighted by atomic mass is 10.1. The van der Waals surface area contributed by atoms with E-state index in [1.807, 2.05) is 13.8 Å². The molecule has 13 heteroatoms. The molecule has 3 aliphatic rings. The maximum atomic E-state index is 13.6. The lowest BCUT2D eigenvalue weighted by Crippen LogP contribution is -2.48. The molecule has 3 aromatic rings. The molecule has 3 aliphatic heterocycles. The summed E-state index contributed by atoms with van der Waals surface area (Å²) in [5.74, 6) is 0.358. The number of ether oxygens (including phenoxy) is 3. The summed E-state index contributed by atoms with van der Waals surface area (Å²) in [6.07, 6.45) is -2.47. The van der Waals surface area contributed by atoms with Crippen molar-refractivity contribution in [2.45, 2.75) is 44.4 Å².